The topological polar surface area (TPSA) is 71.1 Å². The van der Waals surface area contributed by atoms with Gasteiger partial charge in [-0.3, -0.25) is 9.53 Å². The van der Waals surface area contributed by atoms with Crippen molar-refractivity contribution in [1.82, 2.24) is 9.69 Å². The SMILES string of the molecule is O=C(NCCS(=O)Cc1ccccc1)Nc1cc(-c2ccccc2)ns1. The number of hydrogen-bond acceptors (Lipinski definition) is 4. The van der Waals surface area contributed by atoms with Crippen LogP contribution in [0.4, 0.5) is 9.80 Å². The fraction of sp³-hybridized carbons (Fsp3) is 0.158. The molecular formula is C19H19N3O2S2. The molecule has 1 heterocycles. The quantitative estimate of drug-likeness (QED) is 0.648. The van der Waals surface area contributed by atoms with Crippen molar-refractivity contribution < 1.29 is 9.00 Å². The normalized spacial score (nSPS) is 11.7. The zero-order chi connectivity index (χ0) is 18.2. The van der Waals surface area contributed by atoms with Gasteiger partial charge in [0.15, 0.2) is 0 Å². The Morgan fingerprint density at radius 1 is 1.04 bits per heavy atom. The molecule has 3 rings (SSSR count). The van der Waals surface area contributed by atoms with Gasteiger partial charge in [0.25, 0.3) is 0 Å². The predicted octanol–water partition coefficient (Wildman–Crippen LogP) is 3.88. The summed E-state index contributed by atoms with van der Waals surface area (Å²) in [6.07, 6.45) is 0. The van der Waals surface area contributed by atoms with Gasteiger partial charge in [0.1, 0.15) is 5.00 Å². The first-order chi connectivity index (χ1) is 12.7. The lowest BCUT2D eigenvalue weighted by atomic mass is 10.2. The standard InChI is InChI=1S/C19H19N3O2S2/c23-19(20-11-12-26(24)14-15-7-3-1-4-8-15)21-18-13-17(22-25-18)16-9-5-2-6-10-16/h1-10,13H,11-12,14H2,(H2,20,21,23). The number of hydrogen-bond donors (Lipinski definition) is 2. The lowest BCUT2D eigenvalue weighted by molar-refractivity contribution is 0.252. The molecule has 1 atom stereocenters. The maximum atomic E-state index is 12.0. The lowest BCUT2D eigenvalue weighted by Gasteiger charge is -2.06. The first kappa shape index (κ1) is 18.3. The number of benzene rings is 2. The van der Waals surface area contributed by atoms with E-state index in [4.69, 9.17) is 0 Å². The molecule has 2 amide bonds. The molecule has 0 aliphatic carbocycles. The first-order valence-electron chi connectivity index (χ1n) is 8.16. The van der Waals surface area contributed by atoms with E-state index in [-0.39, 0.29) is 6.03 Å². The van der Waals surface area contributed by atoms with Crippen LogP contribution in [0.1, 0.15) is 5.56 Å². The molecule has 2 N–H and O–H groups in total. The molecule has 0 spiro atoms. The van der Waals surface area contributed by atoms with E-state index in [9.17, 15) is 9.00 Å². The third-order valence-electron chi connectivity index (χ3n) is 3.60. The van der Waals surface area contributed by atoms with E-state index < -0.39 is 10.8 Å². The highest BCUT2D eigenvalue weighted by atomic mass is 32.2. The molecule has 134 valence electrons. The summed E-state index contributed by atoms with van der Waals surface area (Å²) in [5.74, 6) is 0.916. The second-order valence-electron chi connectivity index (χ2n) is 5.60. The van der Waals surface area contributed by atoms with Gasteiger partial charge < -0.3 is 5.32 Å². The number of carbonyl (C=O) groups excluding carboxylic acids is 1. The number of amides is 2. The molecule has 3 aromatic rings. The van der Waals surface area contributed by atoms with Crippen molar-refractivity contribution in [2.24, 2.45) is 0 Å². The van der Waals surface area contributed by atoms with Crippen LogP contribution in [0.5, 0.6) is 0 Å². The van der Waals surface area contributed by atoms with Gasteiger partial charge in [0.05, 0.1) is 5.69 Å². The van der Waals surface area contributed by atoms with Gasteiger partial charge in [-0.2, -0.15) is 4.37 Å². The van der Waals surface area contributed by atoms with Gasteiger partial charge >= 0.3 is 6.03 Å². The number of anilines is 1. The summed E-state index contributed by atoms with van der Waals surface area (Å²) >= 11 is 1.23. The van der Waals surface area contributed by atoms with E-state index in [1.54, 1.807) is 0 Å². The Kier molecular flexibility index (Phi) is 6.51. The molecule has 0 aliphatic heterocycles. The molecule has 0 bridgehead atoms. The van der Waals surface area contributed by atoms with E-state index in [1.165, 1.54) is 11.5 Å². The average Bonchev–Trinajstić information content (AvgIpc) is 3.11. The van der Waals surface area contributed by atoms with Gasteiger partial charge in [-0.25, -0.2) is 4.79 Å². The molecule has 5 nitrogen and oxygen atoms in total. The lowest BCUT2D eigenvalue weighted by Crippen LogP contribution is -2.31. The van der Waals surface area contributed by atoms with Gasteiger partial charge in [0, 0.05) is 40.5 Å². The largest absolute Gasteiger partial charge is 0.337 e. The summed E-state index contributed by atoms with van der Waals surface area (Å²) < 4.78 is 16.4. The summed E-state index contributed by atoms with van der Waals surface area (Å²) in [5, 5.41) is 6.17. The highest BCUT2D eigenvalue weighted by Crippen LogP contribution is 2.24. The molecule has 0 fully saturated rings. The van der Waals surface area contributed by atoms with Crippen molar-refractivity contribution in [2.45, 2.75) is 5.75 Å². The van der Waals surface area contributed by atoms with Crippen LogP contribution in [-0.4, -0.2) is 26.9 Å². The van der Waals surface area contributed by atoms with Gasteiger partial charge in [-0.05, 0) is 17.1 Å². The van der Waals surface area contributed by atoms with E-state index in [1.807, 2.05) is 66.7 Å². The number of carbonyl (C=O) groups is 1. The van der Waals surface area contributed by atoms with Crippen LogP contribution in [-0.2, 0) is 16.6 Å². The van der Waals surface area contributed by atoms with Gasteiger partial charge in [-0.15, -0.1) is 0 Å². The Hall–Kier alpha value is -2.51. The van der Waals surface area contributed by atoms with Crippen molar-refractivity contribution in [3.63, 3.8) is 0 Å². The average molecular weight is 386 g/mol. The third kappa shape index (κ3) is 5.50. The molecule has 0 aliphatic rings. The minimum atomic E-state index is -1.01. The van der Waals surface area contributed by atoms with E-state index >= 15 is 0 Å². The van der Waals surface area contributed by atoms with E-state index in [0.717, 1.165) is 16.8 Å². The number of urea groups is 1. The Bertz CT molecular complexity index is 867. The highest BCUT2D eigenvalue weighted by Gasteiger charge is 2.08. The third-order valence-corrected chi connectivity index (χ3v) is 5.62. The minimum Gasteiger partial charge on any atom is -0.337 e. The van der Waals surface area contributed by atoms with Crippen LogP contribution in [0.25, 0.3) is 11.3 Å². The Morgan fingerprint density at radius 2 is 1.73 bits per heavy atom. The predicted molar refractivity (Wildman–Crippen MR) is 108 cm³/mol. The fourth-order valence-electron chi connectivity index (χ4n) is 2.35. The van der Waals surface area contributed by atoms with Crippen molar-refractivity contribution >= 4 is 33.4 Å². The Morgan fingerprint density at radius 3 is 2.46 bits per heavy atom. The van der Waals surface area contributed by atoms with Crippen LogP contribution < -0.4 is 10.6 Å². The van der Waals surface area contributed by atoms with Crippen LogP contribution in [0, 0.1) is 0 Å². The summed E-state index contributed by atoms with van der Waals surface area (Å²) in [5.41, 5.74) is 2.87. The van der Waals surface area contributed by atoms with Gasteiger partial charge in [0.2, 0.25) is 0 Å². The van der Waals surface area contributed by atoms with Crippen LogP contribution in [0.2, 0.25) is 0 Å². The molecule has 1 aromatic heterocycles. The maximum absolute atomic E-state index is 12.0. The van der Waals surface area contributed by atoms with Crippen LogP contribution >= 0.6 is 11.5 Å². The minimum absolute atomic E-state index is 0.315. The van der Waals surface area contributed by atoms with Crippen molar-refractivity contribution in [3.8, 4) is 11.3 Å². The van der Waals surface area contributed by atoms with Crippen molar-refractivity contribution in [3.05, 3.63) is 72.3 Å². The number of rotatable bonds is 7. The zero-order valence-corrected chi connectivity index (χ0v) is 15.7. The molecule has 0 radical (unpaired) electrons. The summed E-state index contributed by atoms with van der Waals surface area (Å²) in [6, 6.07) is 21.0. The van der Waals surface area contributed by atoms with Crippen molar-refractivity contribution in [2.75, 3.05) is 17.6 Å². The second-order valence-corrected chi connectivity index (χ2v) is 7.98. The molecule has 1 unspecified atom stereocenters. The summed E-state index contributed by atoms with van der Waals surface area (Å²) in [4.78, 5) is 12.0. The fourth-order valence-corrected chi connectivity index (χ4v) is 4.04. The summed E-state index contributed by atoms with van der Waals surface area (Å²) in [6.45, 7) is 0.357. The Labute approximate surface area is 159 Å². The monoisotopic (exact) mass is 385 g/mol. The van der Waals surface area contributed by atoms with Crippen LogP contribution in [0.3, 0.4) is 0 Å². The summed E-state index contributed by atoms with van der Waals surface area (Å²) in [7, 11) is -1.01. The first-order valence-corrected chi connectivity index (χ1v) is 10.4. The number of nitrogens with one attached hydrogen (secondary N) is 2. The molecule has 0 saturated carbocycles. The molecule has 26 heavy (non-hydrogen) atoms. The molecule has 7 heteroatoms. The van der Waals surface area contributed by atoms with Gasteiger partial charge in [-0.1, -0.05) is 60.7 Å². The smallest absolute Gasteiger partial charge is 0.319 e. The Balaban J connectivity index is 1.42. The van der Waals surface area contributed by atoms with Crippen LogP contribution in [0.15, 0.2) is 66.7 Å². The molecule has 0 saturated heterocycles. The second kappa shape index (κ2) is 9.26. The number of nitrogens with zero attached hydrogens (tertiary/aromatic N) is 1. The molecule has 2 aromatic carbocycles. The van der Waals surface area contributed by atoms with E-state index in [2.05, 4.69) is 15.0 Å². The highest BCUT2D eigenvalue weighted by molar-refractivity contribution is 7.84. The van der Waals surface area contributed by atoms with Crippen molar-refractivity contribution in [1.29, 1.82) is 0 Å². The zero-order valence-electron chi connectivity index (χ0n) is 14.1. The molecular weight excluding hydrogens is 366 g/mol. The number of aromatic nitrogens is 1. The maximum Gasteiger partial charge on any atom is 0.319 e. The van der Waals surface area contributed by atoms with E-state index in [0.29, 0.717) is 23.1 Å².